The van der Waals surface area contributed by atoms with E-state index in [4.69, 9.17) is 5.21 Å². The monoisotopic (exact) mass is 168 g/mol. The zero-order valence-electron chi connectivity index (χ0n) is 6.23. The van der Waals surface area contributed by atoms with Crippen LogP contribution >= 0.6 is 0 Å². The number of benzene rings is 1. The van der Waals surface area contributed by atoms with Crippen LogP contribution in [0.4, 0.5) is 5.69 Å². The number of hydroxylamine groups is 1. The summed E-state index contributed by atoms with van der Waals surface area (Å²) in [5.74, 6) is 0. The van der Waals surface area contributed by atoms with E-state index in [1.165, 1.54) is 6.07 Å². The minimum Gasteiger partial charge on any atom is -0.316 e. The van der Waals surface area contributed by atoms with E-state index in [-0.39, 0.29) is 12.2 Å². The van der Waals surface area contributed by atoms with Crippen LogP contribution in [0.1, 0.15) is 5.56 Å². The lowest BCUT2D eigenvalue weighted by molar-refractivity contribution is -0.385. The van der Waals surface area contributed by atoms with E-state index >= 15 is 0 Å². The van der Waals surface area contributed by atoms with Crippen molar-refractivity contribution in [2.75, 3.05) is 0 Å². The minimum atomic E-state index is -0.479. The van der Waals surface area contributed by atoms with E-state index in [9.17, 15) is 10.1 Å². The normalized spacial score (nSPS) is 9.75. The van der Waals surface area contributed by atoms with Gasteiger partial charge >= 0.3 is 0 Å². The number of nitro groups is 1. The zero-order chi connectivity index (χ0) is 8.97. The van der Waals surface area contributed by atoms with Gasteiger partial charge in [0.1, 0.15) is 0 Å². The first kappa shape index (κ1) is 8.63. The molecule has 0 radical (unpaired) electrons. The fourth-order valence-corrected chi connectivity index (χ4v) is 0.924. The van der Waals surface area contributed by atoms with Gasteiger partial charge in [0.2, 0.25) is 0 Å². The van der Waals surface area contributed by atoms with Crippen LogP contribution in [0.5, 0.6) is 0 Å². The highest BCUT2D eigenvalue weighted by atomic mass is 16.6. The highest BCUT2D eigenvalue weighted by molar-refractivity contribution is 5.39. The topological polar surface area (TPSA) is 75.4 Å². The smallest absolute Gasteiger partial charge is 0.273 e. The average Bonchev–Trinajstić information content (AvgIpc) is 2.05. The van der Waals surface area contributed by atoms with Crippen LogP contribution in [0, 0.1) is 10.1 Å². The second-order valence-electron chi connectivity index (χ2n) is 2.22. The van der Waals surface area contributed by atoms with Gasteiger partial charge in [0, 0.05) is 11.6 Å². The second kappa shape index (κ2) is 3.80. The van der Waals surface area contributed by atoms with E-state index in [2.05, 4.69) is 0 Å². The van der Waals surface area contributed by atoms with Gasteiger partial charge in [-0.3, -0.25) is 10.1 Å². The highest BCUT2D eigenvalue weighted by Gasteiger charge is 2.10. The van der Waals surface area contributed by atoms with E-state index < -0.39 is 4.92 Å². The minimum absolute atomic E-state index is 0.0130. The molecule has 0 aliphatic heterocycles. The van der Waals surface area contributed by atoms with Crippen LogP contribution in [0.2, 0.25) is 0 Å². The predicted molar refractivity (Wildman–Crippen MR) is 41.7 cm³/mol. The van der Waals surface area contributed by atoms with E-state index in [0.29, 0.717) is 5.56 Å². The molecule has 0 aromatic heterocycles. The molecule has 0 amide bonds. The molecule has 0 heterocycles. The van der Waals surface area contributed by atoms with E-state index in [1.54, 1.807) is 18.2 Å². The Kier molecular flexibility index (Phi) is 2.73. The number of para-hydroxylation sites is 1. The molecular formula is C7H8N2O3. The van der Waals surface area contributed by atoms with Gasteiger partial charge in [-0.25, -0.2) is 5.48 Å². The molecular weight excluding hydrogens is 160 g/mol. The molecule has 0 aliphatic rings. The van der Waals surface area contributed by atoms with Crippen molar-refractivity contribution >= 4 is 5.69 Å². The zero-order valence-corrected chi connectivity index (χ0v) is 6.23. The summed E-state index contributed by atoms with van der Waals surface area (Å²) in [4.78, 5) is 9.91. The summed E-state index contributed by atoms with van der Waals surface area (Å²) in [6.07, 6.45) is 0. The first-order chi connectivity index (χ1) is 5.75. The maximum Gasteiger partial charge on any atom is 0.273 e. The van der Waals surface area contributed by atoms with Crippen molar-refractivity contribution in [2.24, 2.45) is 0 Å². The molecule has 0 unspecified atom stereocenters. The lowest BCUT2D eigenvalue weighted by atomic mass is 10.2. The number of hydrogen-bond donors (Lipinski definition) is 2. The molecule has 2 N–H and O–H groups in total. The quantitative estimate of drug-likeness (QED) is 0.523. The Morgan fingerprint density at radius 3 is 2.75 bits per heavy atom. The summed E-state index contributed by atoms with van der Waals surface area (Å²) in [6.45, 7) is 0.0805. The Morgan fingerprint density at radius 1 is 1.50 bits per heavy atom. The molecule has 0 atom stereocenters. The maximum absolute atomic E-state index is 10.4. The molecule has 0 saturated heterocycles. The molecule has 1 rings (SSSR count). The molecule has 5 heteroatoms. The molecule has 0 aliphatic carbocycles. The lowest BCUT2D eigenvalue weighted by Gasteiger charge is -1.99. The van der Waals surface area contributed by atoms with Gasteiger partial charge in [-0.05, 0) is 0 Å². The van der Waals surface area contributed by atoms with Crippen molar-refractivity contribution in [1.82, 2.24) is 5.48 Å². The first-order valence-corrected chi connectivity index (χ1v) is 3.35. The van der Waals surface area contributed by atoms with Crippen molar-refractivity contribution in [3.05, 3.63) is 39.9 Å². The summed E-state index contributed by atoms with van der Waals surface area (Å²) in [5.41, 5.74) is 2.35. The van der Waals surface area contributed by atoms with Crippen LogP contribution in [0.15, 0.2) is 24.3 Å². The molecule has 12 heavy (non-hydrogen) atoms. The lowest BCUT2D eigenvalue weighted by Crippen LogP contribution is -2.08. The third-order valence-corrected chi connectivity index (χ3v) is 1.46. The third kappa shape index (κ3) is 1.77. The van der Waals surface area contributed by atoms with Crippen LogP contribution in [0.3, 0.4) is 0 Å². The van der Waals surface area contributed by atoms with Gasteiger partial charge in [-0.15, -0.1) is 0 Å². The van der Waals surface area contributed by atoms with E-state index in [1.807, 2.05) is 5.48 Å². The molecule has 0 bridgehead atoms. The average molecular weight is 168 g/mol. The molecule has 64 valence electrons. The summed E-state index contributed by atoms with van der Waals surface area (Å²) in [7, 11) is 0. The summed E-state index contributed by atoms with van der Waals surface area (Å²) >= 11 is 0. The molecule has 0 spiro atoms. The number of nitrogens with zero attached hydrogens (tertiary/aromatic N) is 1. The fourth-order valence-electron chi connectivity index (χ4n) is 0.924. The highest BCUT2D eigenvalue weighted by Crippen LogP contribution is 2.16. The number of rotatable bonds is 3. The van der Waals surface area contributed by atoms with Gasteiger partial charge in [0.25, 0.3) is 5.69 Å². The van der Waals surface area contributed by atoms with E-state index in [0.717, 1.165) is 0 Å². The largest absolute Gasteiger partial charge is 0.316 e. The van der Waals surface area contributed by atoms with Gasteiger partial charge in [0.15, 0.2) is 0 Å². The Balaban J connectivity index is 3.00. The maximum atomic E-state index is 10.4. The Labute approximate surface area is 68.7 Å². The van der Waals surface area contributed by atoms with Crippen molar-refractivity contribution in [3.63, 3.8) is 0 Å². The summed E-state index contributed by atoms with van der Waals surface area (Å²) in [6, 6.07) is 6.24. The standard InChI is InChI=1S/C7H8N2O3/c10-8-5-6-3-1-2-4-7(6)9(11)12/h1-4,8,10H,5H2. The first-order valence-electron chi connectivity index (χ1n) is 3.35. The van der Waals surface area contributed by atoms with Crippen molar-refractivity contribution in [1.29, 1.82) is 0 Å². The van der Waals surface area contributed by atoms with Crippen LogP contribution < -0.4 is 5.48 Å². The SMILES string of the molecule is O=[N+]([O-])c1ccccc1CNO. The van der Waals surface area contributed by atoms with Gasteiger partial charge in [0.05, 0.1) is 11.5 Å². The molecule has 0 fully saturated rings. The molecule has 0 saturated carbocycles. The Hall–Kier alpha value is -1.46. The Morgan fingerprint density at radius 2 is 2.17 bits per heavy atom. The number of nitrogens with one attached hydrogen (secondary N) is 1. The molecule has 1 aromatic rings. The number of nitro benzene ring substituents is 1. The fraction of sp³-hybridized carbons (Fsp3) is 0.143. The van der Waals surface area contributed by atoms with Crippen molar-refractivity contribution < 1.29 is 10.1 Å². The van der Waals surface area contributed by atoms with Crippen molar-refractivity contribution in [3.8, 4) is 0 Å². The van der Waals surface area contributed by atoms with Crippen LogP contribution in [0.25, 0.3) is 0 Å². The van der Waals surface area contributed by atoms with Gasteiger partial charge in [-0.1, -0.05) is 18.2 Å². The second-order valence-corrected chi connectivity index (χ2v) is 2.22. The Bertz CT molecular complexity index is 288. The third-order valence-electron chi connectivity index (χ3n) is 1.46. The van der Waals surface area contributed by atoms with Gasteiger partial charge in [-0.2, -0.15) is 0 Å². The van der Waals surface area contributed by atoms with Crippen molar-refractivity contribution in [2.45, 2.75) is 6.54 Å². The van der Waals surface area contributed by atoms with Crippen LogP contribution in [-0.2, 0) is 6.54 Å². The summed E-state index contributed by atoms with van der Waals surface area (Å²) in [5, 5.41) is 18.7. The predicted octanol–water partition coefficient (Wildman–Crippen LogP) is 1.07. The van der Waals surface area contributed by atoms with Gasteiger partial charge < -0.3 is 5.21 Å². The summed E-state index contributed by atoms with van der Waals surface area (Å²) < 4.78 is 0. The van der Waals surface area contributed by atoms with Crippen LogP contribution in [-0.4, -0.2) is 10.1 Å². The number of hydrogen-bond acceptors (Lipinski definition) is 4. The molecule has 1 aromatic carbocycles. The molecule has 5 nitrogen and oxygen atoms in total.